The lowest BCUT2D eigenvalue weighted by molar-refractivity contribution is 0.000711. The molecular formula is C26H31NO4. The molecule has 5 nitrogen and oxygen atoms in total. The van der Waals surface area contributed by atoms with Crippen LogP contribution in [-0.2, 0) is 4.74 Å². The summed E-state index contributed by atoms with van der Waals surface area (Å²) in [7, 11) is 0. The van der Waals surface area contributed by atoms with E-state index in [2.05, 4.69) is 26.0 Å². The van der Waals surface area contributed by atoms with Crippen LogP contribution in [-0.4, -0.2) is 21.7 Å². The maximum absolute atomic E-state index is 12.7. The fraction of sp³-hybridized carbons (Fsp3) is 0.346. The molecule has 2 heterocycles. The number of pyridine rings is 1. The fourth-order valence-corrected chi connectivity index (χ4v) is 3.77. The number of aromatic hydroxyl groups is 1. The standard InChI is InChI=1S/C26H31NO4/c1-4-18(2)11-7-5-8-12-20-15-19(3)25(31-17-20)23-24(28)22(16-27(30)26(23)29)21-13-9-6-10-14-21/h5-14,16,18-19,25,28,30H,4,15,17H2,1-3H3/b8-5+,11-7+,20-12-/t18-,19+,25+/m0/s1. The Labute approximate surface area is 183 Å². The maximum atomic E-state index is 12.7. The number of allylic oxidation sites excluding steroid dienone is 5. The van der Waals surface area contributed by atoms with Crippen LogP contribution < -0.4 is 5.56 Å². The van der Waals surface area contributed by atoms with E-state index >= 15 is 0 Å². The summed E-state index contributed by atoms with van der Waals surface area (Å²) >= 11 is 0. The van der Waals surface area contributed by atoms with Crippen LogP contribution in [0, 0.1) is 11.8 Å². The van der Waals surface area contributed by atoms with Crippen LogP contribution in [0.2, 0.25) is 0 Å². The van der Waals surface area contributed by atoms with E-state index in [1.54, 1.807) is 0 Å². The topological polar surface area (TPSA) is 71.7 Å². The second-order valence-corrected chi connectivity index (χ2v) is 8.21. The van der Waals surface area contributed by atoms with Crippen molar-refractivity contribution in [3.05, 3.63) is 88.4 Å². The highest BCUT2D eigenvalue weighted by Crippen LogP contribution is 2.40. The molecule has 0 spiro atoms. The zero-order chi connectivity index (χ0) is 22.4. The van der Waals surface area contributed by atoms with Gasteiger partial charge in [-0.15, -0.1) is 0 Å². The van der Waals surface area contributed by atoms with Gasteiger partial charge in [0.15, 0.2) is 0 Å². The summed E-state index contributed by atoms with van der Waals surface area (Å²) in [6.07, 6.45) is 12.8. The number of hydrogen-bond acceptors (Lipinski definition) is 4. The van der Waals surface area contributed by atoms with Crippen molar-refractivity contribution in [1.82, 2.24) is 4.73 Å². The van der Waals surface area contributed by atoms with E-state index in [0.29, 0.717) is 28.4 Å². The number of nitrogens with zero attached hydrogens (tertiary/aromatic N) is 1. The van der Waals surface area contributed by atoms with E-state index < -0.39 is 11.7 Å². The minimum atomic E-state index is -0.656. The van der Waals surface area contributed by atoms with Gasteiger partial charge in [-0.3, -0.25) is 4.79 Å². The molecule has 164 valence electrons. The average molecular weight is 422 g/mol. The van der Waals surface area contributed by atoms with Crippen LogP contribution in [0.15, 0.2) is 77.3 Å². The molecule has 5 heteroatoms. The monoisotopic (exact) mass is 421 g/mol. The van der Waals surface area contributed by atoms with E-state index in [0.717, 1.165) is 18.4 Å². The van der Waals surface area contributed by atoms with Gasteiger partial charge in [0.1, 0.15) is 5.75 Å². The Morgan fingerprint density at radius 2 is 1.97 bits per heavy atom. The van der Waals surface area contributed by atoms with Crippen molar-refractivity contribution in [1.29, 1.82) is 0 Å². The van der Waals surface area contributed by atoms with Gasteiger partial charge in [-0.25, -0.2) is 0 Å². The number of hydrogen-bond donors (Lipinski definition) is 2. The zero-order valence-electron chi connectivity index (χ0n) is 18.4. The van der Waals surface area contributed by atoms with E-state index in [1.807, 2.05) is 55.5 Å². The number of benzene rings is 1. The molecule has 0 aliphatic carbocycles. The van der Waals surface area contributed by atoms with Crippen LogP contribution in [0.25, 0.3) is 11.1 Å². The first kappa shape index (κ1) is 22.6. The quantitative estimate of drug-likeness (QED) is 0.468. The third-order valence-corrected chi connectivity index (χ3v) is 5.76. The van der Waals surface area contributed by atoms with Crippen LogP contribution in [0.4, 0.5) is 0 Å². The minimum Gasteiger partial charge on any atom is -0.507 e. The summed E-state index contributed by atoms with van der Waals surface area (Å²) in [5.74, 6) is 0.389. The summed E-state index contributed by atoms with van der Waals surface area (Å²) in [6.45, 7) is 6.70. The number of rotatable bonds is 6. The van der Waals surface area contributed by atoms with Crippen molar-refractivity contribution in [2.45, 2.75) is 39.7 Å². The van der Waals surface area contributed by atoms with Crippen LogP contribution in [0.1, 0.15) is 45.3 Å². The summed E-state index contributed by atoms with van der Waals surface area (Å²) in [6, 6.07) is 9.17. The van der Waals surface area contributed by atoms with Crippen LogP contribution in [0.3, 0.4) is 0 Å². The van der Waals surface area contributed by atoms with Crippen molar-refractivity contribution in [3.63, 3.8) is 0 Å². The van der Waals surface area contributed by atoms with Gasteiger partial charge in [0.25, 0.3) is 5.56 Å². The first-order valence-electron chi connectivity index (χ1n) is 10.8. The molecule has 2 aromatic rings. The van der Waals surface area contributed by atoms with E-state index in [9.17, 15) is 15.1 Å². The summed E-state index contributed by atoms with van der Waals surface area (Å²) < 4.78 is 6.54. The Morgan fingerprint density at radius 1 is 1.23 bits per heavy atom. The number of ether oxygens (including phenoxy) is 1. The fourth-order valence-electron chi connectivity index (χ4n) is 3.77. The van der Waals surface area contributed by atoms with Gasteiger partial charge < -0.3 is 15.1 Å². The molecule has 1 aromatic heterocycles. The Bertz CT molecular complexity index is 1030. The van der Waals surface area contributed by atoms with Gasteiger partial charge in [-0.2, -0.15) is 4.73 Å². The molecule has 1 aromatic carbocycles. The smallest absolute Gasteiger partial charge is 0.292 e. The molecular weight excluding hydrogens is 390 g/mol. The third-order valence-electron chi connectivity index (χ3n) is 5.76. The third kappa shape index (κ3) is 5.36. The van der Waals surface area contributed by atoms with Gasteiger partial charge >= 0.3 is 0 Å². The van der Waals surface area contributed by atoms with Gasteiger partial charge in [-0.05, 0) is 29.4 Å². The van der Waals surface area contributed by atoms with E-state index in [-0.39, 0.29) is 17.2 Å². The summed E-state index contributed by atoms with van der Waals surface area (Å²) in [5.41, 5.74) is 1.67. The zero-order valence-corrected chi connectivity index (χ0v) is 18.4. The molecule has 0 unspecified atom stereocenters. The average Bonchev–Trinajstić information content (AvgIpc) is 2.77. The summed E-state index contributed by atoms with van der Waals surface area (Å²) in [4.78, 5) is 12.7. The highest BCUT2D eigenvalue weighted by atomic mass is 16.5. The molecule has 31 heavy (non-hydrogen) atoms. The normalized spacial score (nSPS) is 21.8. The lowest BCUT2D eigenvalue weighted by Crippen LogP contribution is -2.31. The van der Waals surface area contributed by atoms with E-state index in [1.165, 1.54) is 6.20 Å². The van der Waals surface area contributed by atoms with Crippen molar-refractivity contribution < 1.29 is 15.1 Å². The first-order valence-corrected chi connectivity index (χ1v) is 10.8. The van der Waals surface area contributed by atoms with Crippen molar-refractivity contribution in [3.8, 4) is 16.9 Å². The van der Waals surface area contributed by atoms with Crippen molar-refractivity contribution in [2.24, 2.45) is 11.8 Å². The van der Waals surface area contributed by atoms with E-state index in [4.69, 9.17) is 4.74 Å². The minimum absolute atomic E-state index is 0.0336. The van der Waals surface area contributed by atoms with Crippen LogP contribution in [0.5, 0.6) is 5.75 Å². The predicted molar refractivity (Wildman–Crippen MR) is 123 cm³/mol. The Balaban J connectivity index is 1.81. The van der Waals surface area contributed by atoms with Gasteiger partial charge in [0.2, 0.25) is 0 Å². The SMILES string of the molecule is CC[C@H](C)/C=C/C=C/C=C1\CO[C@@H](c2c(O)c(-c3ccccc3)cn(O)c2=O)[C@H](C)C1. The molecule has 0 saturated carbocycles. The van der Waals surface area contributed by atoms with Gasteiger partial charge in [0, 0.05) is 5.56 Å². The molecule has 0 amide bonds. The second-order valence-electron chi connectivity index (χ2n) is 8.21. The lowest BCUT2D eigenvalue weighted by atomic mass is 9.87. The molecule has 3 rings (SSSR count). The first-order chi connectivity index (χ1) is 14.9. The Kier molecular flexibility index (Phi) is 7.53. The highest BCUT2D eigenvalue weighted by molar-refractivity contribution is 5.70. The second kappa shape index (κ2) is 10.3. The molecule has 0 radical (unpaired) electrons. The van der Waals surface area contributed by atoms with Crippen molar-refractivity contribution >= 4 is 0 Å². The molecule has 1 aliphatic heterocycles. The molecule has 1 aliphatic rings. The molecule has 3 atom stereocenters. The Hall–Kier alpha value is -3.05. The Morgan fingerprint density at radius 3 is 2.65 bits per heavy atom. The van der Waals surface area contributed by atoms with Crippen molar-refractivity contribution in [2.75, 3.05) is 6.61 Å². The maximum Gasteiger partial charge on any atom is 0.292 e. The number of aromatic nitrogens is 1. The largest absolute Gasteiger partial charge is 0.507 e. The molecule has 2 N–H and O–H groups in total. The van der Waals surface area contributed by atoms with Crippen LogP contribution >= 0.6 is 0 Å². The van der Waals surface area contributed by atoms with Gasteiger partial charge in [0.05, 0.1) is 24.5 Å². The predicted octanol–water partition coefficient (Wildman–Crippen LogP) is 5.64. The van der Waals surface area contributed by atoms with Gasteiger partial charge in [-0.1, -0.05) is 87.9 Å². The summed E-state index contributed by atoms with van der Waals surface area (Å²) in [5, 5.41) is 21.1. The molecule has 1 saturated heterocycles. The molecule has 0 bridgehead atoms. The highest BCUT2D eigenvalue weighted by Gasteiger charge is 2.32. The molecule has 1 fully saturated rings. The lowest BCUT2D eigenvalue weighted by Gasteiger charge is -2.31.